The molecule has 80 valence electrons. The Balaban J connectivity index is 2.26. The van der Waals surface area contributed by atoms with Crippen molar-refractivity contribution in [3.63, 3.8) is 0 Å². The van der Waals surface area contributed by atoms with E-state index in [1.54, 1.807) is 4.90 Å². The van der Waals surface area contributed by atoms with E-state index in [9.17, 15) is 4.79 Å². The molecule has 0 spiro atoms. The number of amides is 1. The van der Waals surface area contributed by atoms with Gasteiger partial charge in [-0.15, -0.1) is 0 Å². The third-order valence-corrected chi connectivity index (χ3v) is 2.79. The maximum atomic E-state index is 11.8. The maximum absolute atomic E-state index is 11.8. The van der Waals surface area contributed by atoms with Crippen LogP contribution in [0.1, 0.15) is 18.4 Å². The molecule has 2 rings (SSSR count). The van der Waals surface area contributed by atoms with Crippen LogP contribution in [0, 0.1) is 6.92 Å². The second-order valence-corrected chi connectivity index (χ2v) is 4.08. The first-order chi connectivity index (χ1) is 7.18. The maximum Gasteiger partial charge on any atom is 0.243 e. The van der Waals surface area contributed by atoms with Crippen molar-refractivity contribution in [3.8, 4) is 0 Å². The van der Waals surface area contributed by atoms with Gasteiger partial charge in [-0.1, -0.05) is 12.1 Å². The molecule has 1 aliphatic rings. The molecule has 3 heteroatoms. The van der Waals surface area contributed by atoms with Crippen molar-refractivity contribution in [1.29, 1.82) is 0 Å². The fourth-order valence-corrected chi connectivity index (χ4v) is 1.96. The number of carbonyl (C=O) groups is 1. The number of nitrogens with zero attached hydrogens (tertiary/aromatic N) is 1. The molecule has 1 unspecified atom stereocenters. The van der Waals surface area contributed by atoms with Gasteiger partial charge in [-0.05, 0) is 37.5 Å². The van der Waals surface area contributed by atoms with Crippen molar-refractivity contribution in [3.05, 3.63) is 29.8 Å². The van der Waals surface area contributed by atoms with E-state index in [1.165, 1.54) is 5.56 Å². The number of piperidine rings is 1. The van der Waals surface area contributed by atoms with Crippen LogP contribution in [0.3, 0.4) is 0 Å². The normalized spacial score (nSPS) is 21.9. The number of hydrogen-bond donors (Lipinski definition) is 1. The smallest absolute Gasteiger partial charge is 0.243 e. The fourth-order valence-electron chi connectivity index (χ4n) is 1.96. The van der Waals surface area contributed by atoms with Crippen molar-refractivity contribution in [2.75, 3.05) is 11.4 Å². The molecule has 1 saturated heterocycles. The highest BCUT2D eigenvalue weighted by molar-refractivity contribution is 5.97. The van der Waals surface area contributed by atoms with Gasteiger partial charge in [0.1, 0.15) is 0 Å². The second-order valence-electron chi connectivity index (χ2n) is 4.08. The highest BCUT2D eigenvalue weighted by Crippen LogP contribution is 2.21. The lowest BCUT2D eigenvalue weighted by molar-refractivity contribution is -0.120. The lowest BCUT2D eigenvalue weighted by Gasteiger charge is -2.30. The Morgan fingerprint density at radius 1 is 1.47 bits per heavy atom. The van der Waals surface area contributed by atoms with E-state index in [-0.39, 0.29) is 11.9 Å². The van der Waals surface area contributed by atoms with Gasteiger partial charge in [0, 0.05) is 12.2 Å². The van der Waals surface area contributed by atoms with E-state index in [1.807, 2.05) is 31.2 Å². The lowest BCUT2D eigenvalue weighted by Crippen LogP contribution is -2.48. The Morgan fingerprint density at radius 3 is 3.00 bits per heavy atom. The van der Waals surface area contributed by atoms with Crippen molar-refractivity contribution in [2.45, 2.75) is 25.8 Å². The molecule has 1 aromatic rings. The van der Waals surface area contributed by atoms with E-state index in [4.69, 9.17) is 5.73 Å². The van der Waals surface area contributed by atoms with E-state index >= 15 is 0 Å². The minimum atomic E-state index is -0.320. The highest BCUT2D eigenvalue weighted by atomic mass is 16.2. The molecule has 1 heterocycles. The molecule has 1 aliphatic heterocycles. The van der Waals surface area contributed by atoms with E-state index in [2.05, 4.69) is 0 Å². The quantitative estimate of drug-likeness (QED) is 0.752. The van der Waals surface area contributed by atoms with Crippen molar-refractivity contribution >= 4 is 11.6 Å². The molecule has 1 aromatic carbocycles. The monoisotopic (exact) mass is 204 g/mol. The Kier molecular flexibility index (Phi) is 2.73. The van der Waals surface area contributed by atoms with E-state index in [0.717, 1.165) is 25.1 Å². The van der Waals surface area contributed by atoms with Gasteiger partial charge in [-0.2, -0.15) is 0 Å². The summed E-state index contributed by atoms with van der Waals surface area (Å²) in [7, 11) is 0. The van der Waals surface area contributed by atoms with Gasteiger partial charge in [0.05, 0.1) is 6.04 Å². The summed E-state index contributed by atoms with van der Waals surface area (Å²) in [4.78, 5) is 13.6. The summed E-state index contributed by atoms with van der Waals surface area (Å²) in [6.45, 7) is 2.81. The van der Waals surface area contributed by atoms with E-state index in [0.29, 0.717) is 0 Å². The minimum Gasteiger partial charge on any atom is -0.320 e. The van der Waals surface area contributed by atoms with Gasteiger partial charge in [-0.25, -0.2) is 0 Å². The van der Waals surface area contributed by atoms with Crippen LogP contribution in [-0.4, -0.2) is 18.5 Å². The molecular formula is C12H16N2O. The predicted octanol–water partition coefficient (Wildman–Crippen LogP) is 1.45. The largest absolute Gasteiger partial charge is 0.320 e. The van der Waals surface area contributed by atoms with Gasteiger partial charge in [0.25, 0.3) is 0 Å². The Bertz CT molecular complexity index is 376. The molecule has 2 N–H and O–H groups in total. The first kappa shape index (κ1) is 10.2. The predicted molar refractivity (Wildman–Crippen MR) is 60.7 cm³/mol. The number of rotatable bonds is 1. The molecule has 0 bridgehead atoms. The van der Waals surface area contributed by atoms with Gasteiger partial charge >= 0.3 is 0 Å². The summed E-state index contributed by atoms with van der Waals surface area (Å²) in [5.74, 6) is 0.0480. The van der Waals surface area contributed by atoms with Crippen LogP contribution in [0.25, 0.3) is 0 Å². The van der Waals surface area contributed by atoms with Gasteiger partial charge < -0.3 is 10.6 Å². The molecule has 1 atom stereocenters. The van der Waals surface area contributed by atoms with Crippen LogP contribution >= 0.6 is 0 Å². The fraction of sp³-hybridized carbons (Fsp3) is 0.417. The molecule has 0 saturated carbocycles. The minimum absolute atomic E-state index is 0.0480. The molecule has 15 heavy (non-hydrogen) atoms. The summed E-state index contributed by atoms with van der Waals surface area (Å²) in [5, 5.41) is 0. The van der Waals surface area contributed by atoms with Crippen molar-refractivity contribution in [2.24, 2.45) is 5.73 Å². The summed E-state index contributed by atoms with van der Waals surface area (Å²) in [6.07, 6.45) is 1.79. The first-order valence-corrected chi connectivity index (χ1v) is 5.32. The molecule has 1 fully saturated rings. The number of nitrogens with two attached hydrogens (primary N) is 1. The molecule has 0 aliphatic carbocycles. The standard InChI is InChI=1S/C12H16N2O/c1-9-4-2-5-10(8-9)14-7-3-6-11(13)12(14)15/h2,4-5,8,11H,3,6-7,13H2,1H3. The zero-order valence-corrected chi connectivity index (χ0v) is 8.94. The van der Waals surface area contributed by atoms with Crippen LogP contribution in [-0.2, 0) is 4.79 Å². The number of anilines is 1. The lowest BCUT2D eigenvalue weighted by atomic mass is 10.0. The second kappa shape index (κ2) is 4.03. The summed E-state index contributed by atoms with van der Waals surface area (Å²) in [6, 6.07) is 7.66. The molecular weight excluding hydrogens is 188 g/mol. The Morgan fingerprint density at radius 2 is 2.27 bits per heavy atom. The van der Waals surface area contributed by atoms with Crippen LogP contribution in [0.5, 0.6) is 0 Å². The number of aryl methyl sites for hydroxylation is 1. The van der Waals surface area contributed by atoms with Gasteiger partial charge in [-0.3, -0.25) is 4.79 Å². The molecule has 1 amide bonds. The van der Waals surface area contributed by atoms with Crippen molar-refractivity contribution < 1.29 is 4.79 Å². The molecule has 0 radical (unpaired) electrons. The van der Waals surface area contributed by atoms with Crippen LogP contribution in [0.2, 0.25) is 0 Å². The van der Waals surface area contributed by atoms with E-state index < -0.39 is 0 Å². The topological polar surface area (TPSA) is 46.3 Å². The Labute approximate surface area is 89.9 Å². The van der Waals surface area contributed by atoms with Crippen LogP contribution < -0.4 is 10.6 Å². The number of hydrogen-bond acceptors (Lipinski definition) is 2. The summed E-state index contributed by atoms with van der Waals surface area (Å²) >= 11 is 0. The van der Waals surface area contributed by atoms with Gasteiger partial charge in [0.2, 0.25) is 5.91 Å². The van der Waals surface area contributed by atoms with Crippen LogP contribution in [0.4, 0.5) is 5.69 Å². The Hall–Kier alpha value is -1.35. The zero-order valence-electron chi connectivity index (χ0n) is 8.94. The SMILES string of the molecule is Cc1cccc(N2CCCC(N)C2=O)c1. The van der Waals surface area contributed by atoms with Crippen LogP contribution in [0.15, 0.2) is 24.3 Å². The number of benzene rings is 1. The zero-order chi connectivity index (χ0) is 10.8. The summed E-state index contributed by atoms with van der Waals surface area (Å²) < 4.78 is 0. The third-order valence-electron chi connectivity index (χ3n) is 2.79. The average molecular weight is 204 g/mol. The summed E-state index contributed by atoms with van der Waals surface area (Å²) in [5.41, 5.74) is 7.89. The van der Waals surface area contributed by atoms with Crippen molar-refractivity contribution in [1.82, 2.24) is 0 Å². The van der Waals surface area contributed by atoms with Gasteiger partial charge in [0.15, 0.2) is 0 Å². The molecule has 3 nitrogen and oxygen atoms in total. The number of carbonyl (C=O) groups excluding carboxylic acids is 1. The third kappa shape index (κ3) is 2.02. The average Bonchev–Trinajstić information content (AvgIpc) is 2.22. The molecule has 0 aromatic heterocycles. The highest BCUT2D eigenvalue weighted by Gasteiger charge is 2.26. The first-order valence-electron chi connectivity index (χ1n) is 5.32.